The van der Waals surface area contributed by atoms with Gasteiger partial charge in [-0.25, -0.2) is 8.42 Å². The van der Waals surface area contributed by atoms with E-state index in [-0.39, 0.29) is 5.75 Å². The van der Waals surface area contributed by atoms with Gasteiger partial charge in [0.05, 0.1) is 10.6 Å². The maximum atomic E-state index is 12.4. The predicted molar refractivity (Wildman–Crippen MR) is 77.9 cm³/mol. The van der Waals surface area contributed by atoms with Crippen LogP contribution in [-0.2, 0) is 15.6 Å². The summed E-state index contributed by atoms with van der Waals surface area (Å²) in [5.41, 5.74) is 7.40. The van der Waals surface area contributed by atoms with Gasteiger partial charge in [-0.2, -0.15) is 0 Å². The number of hydrogen-bond donors (Lipinski definition) is 1. The van der Waals surface area contributed by atoms with Crippen LogP contribution < -0.4 is 5.73 Å². The molecule has 19 heavy (non-hydrogen) atoms. The molecule has 0 radical (unpaired) electrons. The second kappa shape index (κ2) is 5.23. The highest BCUT2D eigenvalue weighted by Crippen LogP contribution is 2.25. The smallest absolute Gasteiger partial charge is 0.182 e. The van der Waals surface area contributed by atoms with Crippen LogP contribution in [0.5, 0.6) is 0 Å². The van der Waals surface area contributed by atoms with Crippen LogP contribution in [0.15, 0.2) is 47.4 Å². The van der Waals surface area contributed by atoms with Gasteiger partial charge >= 0.3 is 0 Å². The van der Waals surface area contributed by atoms with E-state index in [2.05, 4.69) is 0 Å². The second-order valence-corrected chi connectivity index (χ2v) is 6.74. The monoisotopic (exact) mass is 295 g/mol. The minimum Gasteiger partial charge on any atom is -0.399 e. The lowest BCUT2D eigenvalue weighted by atomic mass is 10.2. The Kier molecular flexibility index (Phi) is 3.83. The predicted octanol–water partition coefficient (Wildman–Crippen LogP) is 3.20. The number of hydrogen-bond acceptors (Lipinski definition) is 3. The number of nitrogen functional groups attached to an aromatic ring is 1. The van der Waals surface area contributed by atoms with Gasteiger partial charge in [-0.3, -0.25) is 0 Å². The van der Waals surface area contributed by atoms with Crippen molar-refractivity contribution in [2.75, 3.05) is 5.73 Å². The molecular formula is C14H14ClNO2S. The Bertz CT molecular complexity index is 711. The van der Waals surface area contributed by atoms with Crippen molar-refractivity contribution < 1.29 is 8.42 Å². The first kappa shape index (κ1) is 13.9. The minimum absolute atomic E-state index is 0.151. The molecule has 0 aliphatic heterocycles. The number of aryl methyl sites for hydroxylation is 1. The van der Waals surface area contributed by atoms with E-state index < -0.39 is 9.84 Å². The van der Waals surface area contributed by atoms with Gasteiger partial charge in [0.15, 0.2) is 9.84 Å². The van der Waals surface area contributed by atoms with E-state index in [4.69, 9.17) is 17.3 Å². The zero-order valence-electron chi connectivity index (χ0n) is 10.4. The number of anilines is 1. The van der Waals surface area contributed by atoms with Crippen LogP contribution in [0.3, 0.4) is 0 Å². The molecule has 0 saturated carbocycles. The Morgan fingerprint density at radius 3 is 2.53 bits per heavy atom. The van der Waals surface area contributed by atoms with Gasteiger partial charge in [-0.05, 0) is 42.3 Å². The average molecular weight is 296 g/mol. The highest BCUT2D eigenvalue weighted by Gasteiger charge is 2.18. The van der Waals surface area contributed by atoms with E-state index in [9.17, 15) is 8.42 Å². The Labute approximate surface area is 117 Å². The quantitative estimate of drug-likeness (QED) is 0.885. The molecule has 100 valence electrons. The Morgan fingerprint density at radius 2 is 1.84 bits per heavy atom. The lowest BCUT2D eigenvalue weighted by Crippen LogP contribution is -2.07. The Balaban J connectivity index is 2.43. The van der Waals surface area contributed by atoms with Crippen LogP contribution in [0.1, 0.15) is 11.1 Å². The third-order valence-electron chi connectivity index (χ3n) is 2.84. The molecule has 3 nitrogen and oxygen atoms in total. The van der Waals surface area contributed by atoms with Gasteiger partial charge in [0.1, 0.15) is 0 Å². The van der Waals surface area contributed by atoms with Crippen LogP contribution >= 0.6 is 11.6 Å². The summed E-state index contributed by atoms with van der Waals surface area (Å²) < 4.78 is 24.8. The summed E-state index contributed by atoms with van der Waals surface area (Å²) in [5, 5.41) is 0.409. The number of sulfone groups is 1. The van der Waals surface area contributed by atoms with Gasteiger partial charge in [-0.15, -0.1) is 0 Å². The minimum atomic E-state index is -3.42. The average Bonchev–Trinajstić information content (AvgIpc) is 2.34. The zero-order valence-corrected chi connectivity index (χ0v) is 12.0. The largest absolute Gasteiger partial charge is 0.399 e. The topological polar surface area (TPSA) is 60.2 Å². The van der Waals surface area contributed by atoms with Crippen LogP contribution in [0.2, 0.25) is 5.02 Å². The number of halogens is 1. The van der Waals surface area contributed by atoms with E-state index in [0.717, 1.165) is 5.56 Å². The maximum absolute atomic E-state index is 12.4. The summed E-state index contributed by atoms with van der Waals surface area (Å²) in [6.45, 7) is 1.77. The van der Waals surface area contributed by atoms with E-state index in [0.29, 0.717) is 21.2 Å². The van der Waals surface area contributed by atoms with E-state index in [1.807, 2.05) is 6.07 Å². The van der Waals surface area contributed by atoms with Crippen molar-refractivity contribution in [2.24, 2.45) is 0 Å². The van der Waals surface area contributed by atoms with Crippen molar-refractivity contribution in [3.63, 3.8) is 0 Å². The molecule has 0 saturated heterocycles. The van der Waals surface area contributed by atoms with Crippen molar-refractivity contribution in [1.29, 1.82) is 0 Å². The number of nitrogens with two attached hydrogens (primary N) is 1. The van der Waals surface area contributed by atoms with Gasteiger partial charge in [0, 0.05) is 10.7 Å². The van der Waals surface area contributed by atoms with Gasteiger partial charge < -0.3 is 5.73 Å². The number of benzene rings is 2. The highest BCUT2D eigenvalue weighted by molar-refractivity contribution is 7.90. The molecule has 2 rings (SSSR count). The first-order valence-corrected chi connectivity index (χ1v) is 7.75. The first-order chi connectivity index (χ1) is 8.90. The molecule has 0 atom stereocenters. The fourth-order valence-electron chi connectivity index (χ4n) is 1.89. The Hall–Kier alpha value is -1.52. The van der Waals surface area contributed by atoms with Crippen molar-refractivity contribution in [2.45, 2.75) is 17.6 Å². The summed E-state index contributed by atoms with van der Waals surface area (Å²) in [4.78, 5) is 0.327. The molecule has 0 aliphatic rings. The van der Waals surface area contributed by atoms with Gasteiger partial charge in [-0.1, -0.05) is 29.8 Å². The van der Waals surface area contributed by atoms with E-state index >= 15 is 0 Å². The zero-order chi connectivity index (χ0) is 14.0. The SMILES string of the molecule is Cc1ccccc1S(=O)(=O)Cc1cc(N)ccc1Cl. The molecule has 0 unspecified atom stereocenters. The molecule has 2 aromatic carbocycles. The summed E-state index contributed by atoms with van der Waals surface area (Å²) >= 11 is 6.01. The second-order valence-electron chi connectivity index (χ2n) is 4.38. The Morgan fingerprint density at radius 1 is 1.16 bits per heavy atom. The first-order valence-electron chi connectivity index (χ1n) is 5.72. The van der Waals surface area contributed by atoms with Crippen LogP contribution in [0.4, 0.5) is 5.69 Å². The molecule has 2 N–H and O–H groups in total. The molecule has 0 spiro atoms. The molecule has 0 amide bonds. The molecule has 5 heteroatoms. The molecule has 2 aromatic rings. The fraction of sp³-hybridized carbons (Fsp3) is 0.143. The normalized spacial score (nSPS) is 11.5. The standard InChI is InChI=1S/C14H14ClNO2S/c1-10-4-2-3-5-14(10)19(17,18)9-11-8-12(16)6-7-13(11)15/h2-8H,9,16H2,1H3. The van der Waals surface area contributed by atoms with E-state index in [1.54, 1.807) is 43.3 Å². The molecule has 0 bridgehead atoms. The molecule has 0 aromatic heterocycles. The molecule has 0 heterocycles. The summed E-state index contributed by atoms with van der Waals surface area (Å²) in [6.07, 6.45) is 0. The van der Waals surface area contributed by atoms with Crippen LogP contribution in [-0.4, -0.2) is 8.42 Å². The van der Waals surface area contributed by atoms with Crippen molar-refractivity contribution in [1.82, 2.24) is 0 Å². The van der Waals surface area contributed by atoms with Crippen molar-refractivity contribution >= 4 is 27.1 Å². The van der Waals surface area contributed by atoms with E-state index in [1.165, 1.54) is 0 Å². The summed E-state index contributed by atoms with van der Waals surface area (Å²) in [5.74, 6) is -0.151. The van der Waals surface area contributed by atoms with Gasteiger partial charge in [0.25, 0.3) is 0 Å². The lowest BCUT2D eigenvalue weighted by molar-refractivity contribution is 0.594. The molecule has 0 fully saturated rings. The lowest BCUT2D eigenvalue weighted by Gasteiger charge is -2.09. The highest BCUT2D eigenvalue weighted by atomic mass is 35.5. The molecule has 0 aliphatic carbocycles. The molecular weight excluding hydrogens is 282 g/mol. The van der Waals surface area contributed by atoms with Crippen LogP contribution in [0, 0.1) is 6.92 Å². The third-order valence-corrected chi connectivity index (χ3v) is 5.03. The summed E-state index contributed by atoms with van der Waals surface area (Å²) in [6, 6.07) is 11.7. The van der Waals surface area contributed by atoms with Crippen LogP contribution in [0.25, 0.3) is 0 Å². The van der Waals surface area contributed by atoms with Crippen molar-refractivity contribution in [3.05, 3.63) is 58.6 Å². The fourth-order valence-corrected chi connectivity index (χ4v) is 3.80. The third kappa shape index (κ3) is 3.08. The summed E-state index contributed by atoms with van der Waals surface area (Å²) in [7, 11) is -3.42. The van der Waals surface area contributed by atoms with Crippen molar-refractivity contribution in [3.8, 4) is 0 Å². The van der Waals surface area contributed by atoms with Gasteiger partial charge in [0.2, 0.25) is 0 Å². The maximum Gasteiger partial charge on any atom is 0.182 e. The number of rotatable bonds is 3.